The molecule has 0 saturated heterocycles. The number of ether oxygens (including phenoxy) is 4. The van der Waals surface area contributed by atoms with Gasteiger partial charge in [-0.3, -0.25) is 9.59 Å². The molecule has 0 radical (unpaired) electrons. The number of benzene rings is 4. The maximum Gasteiger partial charge on any atom is 1.00 e. The third-order valence-corrected chi connectivity index (χ3v) is 17.7. The van der Waals surface area contributed by atoms with Gasteiger partial charge in [0.15, 0.2) is 0 Å². The Morgan fingerprint density at radius 1 is 0.625 bits per heavy atom. The molecule has 4 aromatic carbocycles. The minimum Gasteiger partial charge on any atom is -0.870 e. The molecular weight excluding hydrogens is 1060 g/mol. The Morgan fingerprint density at radius 2 is 1.00 bits per heavy atom. The van der Waals surface area contributed by atoms with Crippen LogP contribution in [0.3, 0.4) is 0 Å². The van der Waals surface area contributed by atoms with Crippen LogP contribution in [0, 0.1) is 63.0 Å². The van der Waals surface area contributed by atoms with E-state index in [0.29, 0.717) is 78.7 Å². The van der Waals surface area contributed by atoms with E-state index in [1.54, 1.807) is 38.2 Å². The van der Waals surface area contributed by atoms with E-state index >= 15 is 0 Å². The van der Waals surface area contributed by atoms with E-state index in [-0.39, 0.29) is 76.9 Å². The minimum absolute atomic E-state index is 0. The van der Waals surface area contributed by atoms with Crippen LogP contribution in [0.5, 0.6) is 23.3 Å². The summed E-state index contributed by atoms with van der Waals surface area (Å²) >= 11 is 0. The van der Waals surface area contributed by atoms with Crippen molar-refractivity contribution in [1.29, 1.82) is 0 Å². The van der Waals surface area contributed by atoms with Crippen LogP contribution in [0.25, 0.3) is 22.3 Å². The number of carboxylic acids is 1. The van der Waals surface area contributed by atoms with Gasteiger partial charge in [0.25, 0.3) is 0 Å². The number of sulfone groups is 2. The van der Waals surface area contributed by atoms with Crippen molar-refractivity contribution in [3.8, 4) is 45.5 Å². The Kier molecular flexibility index (Phi) is 18.8. The molecule has 420 valence electrons. The molecule has 2 unspecified atom stereocenters. The van der Waals surface area contributed by atoms with Crippen molar-refractivity contribution in [2.75, 3.05) is 37.2 Å². The average molecular weight is 1130 g/mol. The molecule has 0 amide bonds. The van der Waals surface area contributed by atoms with Crippen molar-refractivity contribution in [3.63, 3.8) is 0 Å². The molecular formula is C61H67F2LiN2O12S2. The molecule has 0 aliphatic heterocycles. The van der Waals surface area contributed by atoms with E-state index < -0.39 is 37.9 Å². The van der Waals surface area contributed by atoms with Crippen molar-refractivity contribution >= 4 is 31.4 Å². The second kappa shape index (κ2) is 24.5. The van der Waals surface area contributed by atoms with Crippen molar-refractivity contribution in [2.24, 2.45) is 23.7 Å². The van der Waals surface area contributed by atoms with Crippen LogP contribution in [0.2, 0.25) is 0 Å². The average Bonchev–Trinajstić information content (AvgIpc) is 4.38. The molecule has 2 fully saturated rings. The number of ketones is 1. The first kappa shape index (κ1) is 61.5. The number of rotatable bonds is 20. The first-order valence-corrected chi connectivity index (χ1v) is 30.4. The molecule has 4 aliphatic carbocycles. The number of carbonyl (C=O) groups is 2. The van der Waals surface area contributed by atoms with Gasteiger partial charge in [-0.05, 0) is 207 Å². The Labute approximate surface area is 479 Å². The summed E-state index contributed by atoms with van der Waals surface area (Å²) < 4.78 is 99.0. The topological polar surface area (TPSA) is 215 Å². The fraction of sp³-hybridized carbons (Fsp3) is 0.410. The molecule has 2 N–H and O–H groups in total. The molecule has 8 atom stereocenters. The number of hydrogen-bond donors (Lipinski definition) is 1. The van der Waals surface area contributed by atoms with Gasteiger partial charge < -0.3 is 29.5 Å². The summed E-state index contributed by atoms with van der Waals surface area (Å²) in [6.45, 7) is 13.7. The Morgan fingerprint density at radius 3 is 1.36 bits per heavy atom. The van der Waals surface area contributed by atoms with Crippen LogP contribution >= 0.6 is 0 Å². The van der Waals surface area contributed by atoms with Gasteiger partial charge in [0.1, 0.15) is 60.8 Å². The van der Waals surface area contributed by atoms with Gasteiger partial charge in [-0.15, -0.1) is 0 Å². The molecule has 10 rings (SSSR count). The summed E-state index contributed by atoms with van der Waals surface area (Å²) in [5.74, 6) is 1.80. The van der Waals surface area contributed by atoms with E-state index in [1.807, 2.05) is 83.3 Å². The van der Waals surface area contributed by atoms with Gasteiger partial charge in [0.2, 0.25) is 11.8 Å². The van der Waals surface area contributed by atoms with Crippen LogP contribution in [0.15, 0.2) is 85.2 Å². The maximum absolute atomic E-state index is 15.0. The van der Waals surface area contributed by atoms with Gasteiger partial charge in [-0.2, -0.15) is 0 Å². The molecule has 6 aromatic rings. The minimum atomic E-state index is -3.02. The summed E-state index contributed by atoms with van der Waals surface area (Å²) in [6.07, 6.45) is 7.19. The van der Waals surface area contributed by atoms with Crippen LogP contribution in [0.4, 0.5) is 8.78 Å². The van der Waals surface area contributed by atoms with Gasteiger partial charge in [0.05, 0.1) is 30.6 Å². The largest absolute Gasteiger partial charge is 1.00 e. The smallest absolute Gasteiger partial charge is 0.870 e. The summed E-state index contributed by atoms with van der Waals surface area (Å²) in [4.78, 5) is 32.0. The monoisotopic (exact) mass is 1130 g/mol. The zero-order valence-electron chi connectivity index (χ0n) is 46.8. The molecule has 0 spiro atoms. The fourth-order valence-corrected chi connectivity index (χ4v) is 13.3. The first-order chi connectivity index (χ1) is 36.8. The molecule has 14 nitrogen and oxygen atoms in total. The SMILES string of the molecule is CC(=O)[C@H]1[C@@H]2Cc3cc(OC(C)c4cc(-c5c(C)cc(OCCCS(C)(=O)=O)cc5C)ccc4F)ncc3[C@@H]21.Cc1cc(OCCCS(C)(=O)=O)cc(C)c1-c1ccc(F)c(C(C)Oc2cc3c(cn2)[C@H]2[C@@H](C3)[C@@H]2C(=O)O)c1.[Li+].[OH-]. The number of halogens is 2. The third kappa shape index (κ3) is 13.8. The van der Waals surface area contributed by atoms with Gasteiger partial charge in [0, 0.05) is 60.0 Å². The standard InChI is InChI=1S/C31H34FNO5S.C30H32FNO6S.Li.H2O/c1-17-11-23(37-9-6-10-39(5,35)36)12-18(2)29(17)21-7-8-27(32)24(13-21)20(4)38-28-15-22-14-25-30(19(3)34)31(25)26(22)16-33-28;1-16-10-21(37-8-5-9-39(4,35)36)11-17(2)27(16)19-6-7-25(31)22(12-19)18(3)38-26-14-20-13-23-28(24(20)15-32-26)29(23)30(33)34;;/h7-8,11-13,15-16,20,25,30-31H,6,9-10,14H2,1-5H3;6-7,10-12,14-15,18,23,28-29H,5,8-9,13H2,1-4H3,(H,33,34);;1H2/q;;+1;/p-1/t20?,25-,30-,31+;18?,23-,28-,29+;;/m01../s1. The summed E-state index contributed by atoms with van der Waals surface area (Å²) in [7, 11) is -6.04. The van der Waals surface area contributed by atoms with E-state index in [0.717, 1.165) is 67.6 Å². The van der Waals surface area contributed by atoms with Gasteiger partial charge in [-0.1, -0.05) is 12.1 Å². The number of hydrogen-bond acceptors (Lipinski definition) is 13. The van der Waals surface area contributed by atoms with Gasteiger partial charge in [-0.25, -0.2) is 35.6 Å². The second-order valence-corrected chi connectivity index (χ2v) is 26.3. The zero-order chi connectivity index (χ0) is 56.1. The van der Waals surface area contributed by atoms with E-state index in [2.05, 4.69) is 9.97 Å². The maximum atomic E-state index is 15.0. The van der Waals surface area contributed by atoms with E-state index in [4.69, 9.17) is 18.9 Å². The number of Topliss-reactive ketones (excluding diaryl/α,β-unsaturated/α-hetero) is 1. The van der Waals surface area contributed by atoms with Gasteiger partial charge >= 0.3 is 24.8 Å². The summed E-state index contributed by atoms with van der Waals surface area (Å²) in [6, 6.07) is 21.4. The number of carboxylic acid groups (broad SMARTS) is 1. The van der Waals surface area contributed by atoms with Crippen molar-refractivity contribution < 1.29 is 83.6 Å². The predicted molar refractivity (Wildman–Crippen MR) is 296 cm³/mol. The fourth-order valence-electron chi connectivity index (χ4n) is 12.0. The van der Waals surface area contributed by atoms with Crippen molar-refractivity contribution in [1.82, 2.24) is 9.97 Å². The molecule has 2 aromatic heterocycles. The van der Waals surface area contributed by atoms with Crippen LogP contribution in [-0.2, 0) is 42.1 Å². The van der Waals surface area contributed by atoms with E-state index in [9.17, 15) is 40.3 Å². The number of fused-ring (bicyclic) bond motifs is 6. The Bertz CT molecular complexity index is 3300. The van der Waals surface area contributed by atoms with E-state index in [1.165, 1.54) is 30.2 Å². The summed E-state index contributed by atoms with van der Waals surface area (Å²) in [5.41, 5.74) is 12.7. The Hall–Kier alpha value is -6.16. The van der Waals surface area contributed by atoms with Crippen molar-refractivity contribution in [2.45, 2.75) is 98.2 Å². The number of carbonyl (C=O) groups excluding carboxylic acids is 1. The third-order valence-electron chi connectivity index (χ3n) is 15.6. The molecule has 2 saturated carbocycles. The molecule has 0 bridgehead atoms. The zero-order valence-corrected chi connectivity index (χ0v) is 48.4. The molecule has 2 heterocycles. The summed E-state index contributed by atoms with van der Waals surface area (Å²) in [5, 5.41) is 9.33. The van der Waals surface area contributed by atoms with Crippen LogP contribution in [-0.4, -0.2) is 86.4 Å². The molecule has 4 aliphatic rings. The first-order valence-electron chi connectivity index (χ1n) is 26.3. The predicted octanol–water partition coefficient (Wildman–Crippen LogP) is 8.19. The number of nitrogens with zero attached hydrogens (tertiary/aromatic N) is 2. The molecule has 80 heavy (non-hydrogen) atoms. The number of aryl methyl sites for hydroxylation is 4. The van der Waals surface area contributed by atoms with Crippen LogP contribution in [0.1, 0.15) is 113 Å². The second-order valence-electron chi connectivity index (χ2n) is 21.8. The quantitative estimate of drug-likeness (QED) is 0.0564. The normalized spacial score (nSPS) is 19.7. The van der Waals surface area contributed by atoms with Crippen LogP contribution < -0.4 is 37.8 Å². The Balaban J connectivity index is 0.000000225. The molecule has 19 heteroatoms. The number of aromatic nitrogens is 2. The number of pyridine rings is 2. The number of aliphatic carboxylic acids is 1. The van der Waals surface area contributed by atoms with Crippen molar-refractivity contribution in [3.05, 3.63) is 152 Å².